The maximum Gasteiger partial charge on any atom is 0.328 e. The van der Waals surface area contributed by atoms with Crippen LogP contribution in [0.4, 0.5) is 0 Å². The van der Waals surface area contributed by atoms with E-state index in [-0.39, 0.29) is 11.8 Å². The molecule has 0 aromatic carbocycles. The lowest BCUT2D eigenvalue weighted by Crippen LogP contribution is -2.59. The molecule has 0 aromatic heterocycles. The third-order valence-corrected chi connectivity index (χ3v) is 2.64. The lowest BCUT2D eigenvalue weighted by atomic mass is 10.0. The molecule has 0 unspecified atom stereocenters. The molecule has 0 aromatic rings. The molecule has 1 rings (SSSR count). The van der Waals surface area contributed by atoms with E-state index in [0.717, 1.165) is 0 Å². The second-order valence-corrected chi connectivity index (χ2v) is 3.77. The van der Waals surface area contributed by atoms with Crippen LogP contribution < -0.4 is 5.32 Å². The van der Waals surface area contributed by atoms with E-state index in [9.17, 15) is 14.4 Å². The van der Waals surface area contributed by atoms with E-state index in [1.54, 1.807) is 6.92 Å². The van der Waals surface area contributed by atoms with Crippen molar-refractivity contribution in [3.8, 4) is 0 Å². The number of hydrogen-bond donors (Lipinski definition) is 1. The first-order valence-corrected chi connectivity index (χ1v) is 5.12. The maximum absolute atomic E-state index is 11.7. The minimum absolute atomic E-state index is 0.128. The number of esters is 1. The number of likely N-dealkylation sites (tertiary alicyclic amines) is 1. The lowest BCUT2D eigenvalue weighted by Gasteiger charge is -2.39. The van der Waals surface area contributed by atoms with Crippen molar-refractivity contribution in [3.63, 3.8) is 0 Å². The molecule has 90 valence electrons. The second-order valence-electron chi connectivity index (χ2n) is 3.77. The highest BCUT2D eigenvalue weighted by Gasteiger charge is 2.36. The van der Waals surface area contributed by atoms with Gasteiger partial charge in [-0.1, -0.05) is 0 Å². The van der Waals surface area contributed by atoms with Gasteiger partial charge in [-0.25, -0.2) is 4.79 Å². The number of hydrogen-bond acceptors (Lipinski definition) is 4. The molecule has 0 spiro atoms. The van der Waals surface area contributed by atoms with Crippen molar-refractivity contribution in [3.05, 3.63) is 0 Å². The van der Waals surface area contributed by atoms with Gasteiger partial charge in [0.05, 0.1) is 7.11 Å². The van der Waals surface area contributed by atoms with Gasteiger partial charge in [-0.2, -0.15) is 0 Å². The first kappa shape index (κ1) is 12.5. The van der Waals surface area contributed by atoms with Gasteiger partial charge in [0, 0.05) is 13.5 Å². The van der Waals surface area contributed by atoms with Gasteiger partial charge in [0.15, 0.2) is 0 Å². The Labute approximate surface area is 93.9 Å². The normalized spacial score (nSPS) is 20.7. The third kappa shape index (κ3) is 2.50. The highest BCUT2D eigenvalue weighted by atomic mass is 16.5. The molecular weight excluding hydrogens is 212 g/mol. The summed E-state index contributed by atoms with van der Waals surface area (Å²) in [5, 5.41) is 2.51. The molecule has 6 nitrogen and oxygen atoms in total. The zero-order valence-corrected chi connectivity index (χ0v) is 9.65. The number of rotatable bonds is 3. The van der Waals surface area contributed by atoms with E-state index in [2.05, 4.69) is 10.1 Å². The van der Waals surface area contributed by atoms with Gasteiger partial charge in [-0.05, 0) is 13.3 Å². The second kappa shape index (κ2) is 4.96. The summed E-state index contributed by atoms with van der Waals surface area (Å²) in [5.74, 6) is -0.932. The van der Waals surface area contributed by atoms with Gasteiger partial charge in [-0.3, -0.25) is 9.59 Å². The lowest BCUT2D eigenvalue weighted by molar-refractivity contribution is -0.149. The van der Waals surface area contributed by atoms with Crippen LogP contribution in [0.25, 0.3) is 0 Å². The molecule has 0 aliphatic carbocycles. The quantitative estimate of drug-likeness (QED) is 0.647. The first-order chi connectivity index (χ1) is 7.47. The van der Waals surface area contributed by atoms with Gasteiger partial charge in [-0.15, -0.1) is 0 Å². The van der Waals surface area contributed by atoms with Crippen molar-refractivity contribution in [2.24, 2.45) is 0 Å². The van der Waals surface area contributed by atoms with Crippen LogP contribution in [-0.2, 0) is 19.1 Å². The Morgan fingerprint density at radius 2 is 2.06 bits per heavy atom. The molecule has 2 atom stereocenters. The Morgan fingerprint density at radius 1 is 1.44 bits per heavy atom. The molecular formula is C10H16N2O4. The Balaban J connectivity index is 2.47. The first-order valence-electron chi connectivity index (χ1n) is 5.12. The fraction of sp³-hybridized carbons (Fsp3) is 0.700. The molecule has 1 aliphatic rings. The minimum atomic E-state index is -0.688. The number of amides is 2. The largest absolute Gasteiger partial charge is 0.467 e. The summed E-state index contributed by atoms with van der Waals surface area (Å²) in [5.41, 5.74) is 0. The van der Waals surface area contributed by atoms with E-state index < -0.39 is 18.1 Å². The average Bonchev–Trinajstić information content (AvgIpc) is 2.13. The van der Waals surface area contributed by atoms with Crippen molar-refractivity contribution in [2.75, 3.05) is 13.7 Å². The predicted molar refractivity (Wildman–Crippen MR) is 55.4 cm³/mol. The molecule has 1 N–H and O–H groups in total. The van der Waals surface area contributed by atoms with Crippen molar-refractivity contribution in [2.45, 2.75) is 32.4 Å². The summed E-state index contributed by atoms with van der Waals surface area (Å²) in [6, 6.07) is -1.13. The van der Waals surface area contributed by atoms with Crippen molar-refractivity contribution >= 4 is 17.8 Å². The molecule has 16 heavy (non-hydrogen) atoms. The number of carbonyl (C=O) groups excluding carboxylic acids is 3. The maximum atomic E-state index is 11.7. The topological polar surface area (TPSA) is 75.7 Å². The Morgan fingerprint density at radius 3 is 2.44 bits per heavy atom. The summed E-state index contributed by atoms with van der Waals surface area (Å²) in [4.78, 5) is 35.3. The van der Waals surface area contributed by atoms with Gasteiger partial charge >= 0.3 is 5.97 Å². The van der Waals surface area contributed by atoms with E-state index in [1.807, 2.05) is 0 Å². The van der Waals surface area contributed by atoms with Gasteiger partial charge < -0.3 is 15.0 Å². The van der Waals surface area contributed by atoms with Crippen LogP contribution in [0.15, 0.2) is 0 Å². The van der Waals surface area contributed by atoms with Crippen LogP contribution in [0.5, 0.6) is 0 Å². The molecule has 0 saturated carbocycles. The zero-order chi connectivity index (χ0) is 12.3. The van der Waals surface area contributed by atoms with Crippen LogP contribution in [-0.4, -0.2) is 48.4 Å². The molecule has 1 fully saturated rings. The van der Waals surface area contributed by atoms with E-state index >= 15 is 0 Å². The zero-order valence-electron chi connectivity index (χ0n) is 9.65. The summed E-state index contributed by atoms with van der Waals surface area (Å²) < 4.78 is 4.48. The van der Waals surface area contributed by atoms with E-state index in [0.29, 0.717) is 13.0 Å². The van der Waals surface area contributed by atoms with E-state index in [1.165, 1.54) is 18.9 Å². The summed E-state index contributed by atoms with van der Waals surface area (Å²) in [7, 11) is 1.26. The van der Waals surface area contributed by atoms with Crippen LogP contribution >= 0.6 is 0 Å². The molecule has 1 saturated heterocycles. The fourth-order valence-corrected chi connectivity index (χ4v) is 1.58. The summed E-state index contributed by atoms with van der Waals surface area (Å²) >= 11 is 0. The van der Waals surface area contributed by atoms with Gasteiger partial charge in [0.25, 0.3) is 0 Å². The smallest absolute Gasteiger partial charge is 0.328 e. The number of ether oxygens (including phenoxy) is 1. The van der Waals surface area contributed by atoms with Crippen molar-refractivity contribution < 1.29 is 19.1 Å². The highest BCUT2D eigenvalue weighted by Crippen LogP contribution is 2.17. The predicted octanol–water partition coefficient (Wildman–Crippen LogP) is -0.715. The number of nitrogens with one attached hydrogen (secondary N) is 1. The van der Waals surface area contributed by atoms with Crippen LogP contribution in [0.1, 0.15) is 20.3 Å². The van der Waals surface area contributed by atoms with Crippen molar-refractivity contribution in [1.29, 1.82) is 0 Å². The monoisotopic (exact) mass is 228 g/mol. The van der Waals surface area contributed by atoms with Gasteiger partial charge in [0.1, 0.15) is 12.1 Å². The van der Waals surface area contributed by atoms with Crippen molar-refractivity contribution in [1.82, 2.24) is 10.2 Å². The fourth-order valence-electron chi connectivity index (χ4n) is 1.58. The Kier molecular flexibility index (Phi) is 3.87. The summed E-state index contributed by atoms with van der Waals surface area (Å²) in [6.45, 7) is 3.56. The third-order valence-electron chi connectivity index (χ3n) is 2.64. The standard InChI is InChI=1S/C10H16N2O4/c1-6(10(15)16-3)11-9(14)8-4-5-12(8)7(2)13/h6,8H,4-5H2,1-3H3,(H,11,14)/t6-,8-/m0/s1. The van der Waals surface area contributed by atoms with E-state index in [4.69, 9.17) is 0 Å². The number of nitrogens with zero attached hydrogens (tertiary/aromatic N) is 1. The molecule has 1 heterocycles. The molecule has 1 aliphatic heterocycles. The number of methoxy groups -OCH3 is 1. The highest BCUT2D eigenvalue weighted by molar-refractivity contribution is 5.91. The molecule has 0 bridgehead atoms. The summed E-state index contributed by atoms with van der Waals surface area (Å²) in [6.07, 6.45) is 0.638. The van der Waals surface area contributed by atoms with Crippen LogP contribution in [0, 0.1) is 0 Å². The molecule has 0 radical (unpaired) electrons. The molecule has 6 heteroatoms. The molecule has 2 amide bonds. The van der Waals surface area contributed by atoms with Crippen LogP contribution in [0.3, 0.4) is 0 Å². The minimum Gasteiger partial charge on any atom is -0.467 e. The van der Waals surface area contributed by atoms with Gasteiger partial charge in [0.2, 0.25) is 11.8 Å². The number of carbonyl (C=O) groups is 3. The van der Waals surface area contributed by atoms with Crippen LogP contribution in [0.2, 0.25) is 0 Å². The SMILES string of the molecule is COC(=O)[C@H](C)NC(=O)[C@@H]1CCN1C(C)=O. The Hall–Kier alpha value is -1.59. The Bertz CT molecular complexity index is 316. The average molecular weight is 228 g/mol.